The highest BCUT2D eigenvalue weighted by molar-refractivity contribution is 5.20. The van der Waals surface area contributed by atoms with E-state index in [0.29, 0.717) is 6.04 Å². The molecule has 1 unspecified atom stereocenters. The molecule has 2 heterocycles. The first kappa shape index (κ1) is 12.4. The Morgan fingerprint density at radius 2 is 2.11 bits per heavy atom. The standard InChI is InChI=1S/C15H20N4/c1-2-6-13(7-3-1)10-15-11-17-18-19(15)12-14-8-4-5-9-16-14/h1-3,6-7,11,14,16H,4-5,8-10,12H2. The average molecular weight is 256 g/mol. The number of nitrogens with one attached hydrogen (secondary N) is 1. The first-order valence-corrected chi connectivity index (χ1v) is 7.06. The van der Waals surface area contributed by atoms with E-state index in [9.17, 15) is 0 Å². The molecule has 1 fully saturated rings. The van der Waals surface area contributed by atoms with Gasteiger partial charge >= 0.3 is 0 Å². The van der Waals surface area contributed by atoms with Crippen LogP contribution in [-0.4, -0.2) is 27.6 Å². The molecule has 0 spiro atoms. The molecule has 3 rings (SSSR count). The Bertz CT molecular complexity index is 500. The summed E-state index contributed by atoms with van der Waals surface area (Å²) in [6.07, 6.45) is 6.64. The fourth-order valence-electron chi connectivity index (χ4n) is 2.66. The van der Waals surface area contributed by atoms with Gasteiger partial charge in [0.15, 0.2) is 0 Å². The lowest BCUT2D eigenvalue weighted by Gasteiger charge is -2.23. The second-order valence-electron chi connectivity index (χ2n) is 5.22. The van der Waals surface area contributed by atoms with Crippen LogP contribution in [0.25, 0.3) is 0 Å². The maximum atomic E-state index is 4.23. The molecule has 0 saturated carbocycles. The molecule has 0 radical (unpaired) electrons. The molecule has 1 aromatic heterocycles. The predicted octanol–water partition coefficient (Wildman–Crippen LogP) is 2.01. The van der Waals surface area contributed by atoms with Crippen LogP contribution in [0.15, 0.2) is 36.5 Å². The Labute approximate surface area is 113 Å². The maximum absolute atomic E-state index is 4.23. The molecule has 2 aromatic rings. The normalized spacial score (nSPS) is 19.5. The third kappa shape index (κ3) is 3.20. The van der Waals surface area contributed by atoms with Crippen LogP contribution < -0.4 is 5.32 Å². The predicted molar refractivity (Wildman–Crippen MR) is 74.9 cm³/mol. The van der Waals surface area contributed by atoms with Gasteiger partial charge in [-0.05, 0) is 24.9 Å². The van der Waals surface area contributed by atoms with Crippen LogP contribution in [0.2, 0.25) is 0 Å². The summed E-state index contributed by atoms with van der Waals surface area (Å²) in [5.74, 6) is 0. The van der Waals surface area contributed by atoms with E-state index >= 15 is 0 Å². The van der Waals surface area contributed by atoms with E-state index in [-0.39, 0.29) is 0 Å². The lowest BCUT2D eigenvalue weighted by Crippen LogP contribution is -2.37. The molecule has 100 valence electrons. The molecule has 1 N–H and O–H groups in total. The van der Waals surface area contributed by atoms with Gasteiger partial charge < -0.3 is 5.32 Å². The molecule has 0 bridgehead atoms. The highest BCUT2D eigenvalue weighted by atomic mass is 15.4. The molecule has 0 amide bonds. The largest absolute Gasteiger partial charge is 0.312 e. The summed E-state index contributed by atoms with van der Waals surface area (Å²) in [7, 11) is 0. The van der Waals surface area contributed by atoms with Crippen molar-refractivity contribution < 1.29 is 0 Å². The van der Waals surface area contributed by atoms with Crippen LogP contribution in [0.1, 0.15) is 30.5 Å². The summed E-state index contributed by atoms with van der Waals surface area (Å²) in [5, 5.41) is 11.9. The van der Waals surface area contributed by atoms with Crippen molar-refractivity contribution in [2.45, 2.75) is 38.3 Å². The Morgan fingerprint density at radius 1 is 1.21 bits per heavy atom. The van der Waals surface area contributed by atoms with Crippen molar-refractivity contribution >= 4 is 0 Å². The molecule has 19 heavy (non-hydrogen) atoms. The maximum Gasteiger partial charge on any atom is 0.0728 e. The Morgan fingerprint density at radius 3 is 2.89 bits per heavy atom. The van der Waals surface area contributed by atoms with Gasteiger partial charge in [-0.2, -0.15) is 0 Å². The topological polar surface area (TPSA) is 42.7 Å². The number of benzene rings is 1. The first-order valence-electron chi connectivity index (χ1n) is 7.06. The number of hydrogen-bond donors (Lipinski definition) is 1. The minimum absolute atomic E-state index is 0.546. The summed E-state index contributed by atoms with van der Waals surface area (Å²) in [5.41, 5.74) is 2.50. The Hall–Kier alpha value is -1.68. The smallest absolute Gasteiger partial charge is 0.0728 e. The molecule has 1 aromatic carbocycles. The minimum Gasteiger partial charge on any atom is -0.312 e. The fourth-order valence-corrected chi connectivity index (χ4v) is 2.66. The summed E-state index contributed by atoms with van der Waals surface area (Å²) >= 11 is 0. The molecule has 1 aliphatic rings. The number of hydrogen-bond acceptors (Lipinski definition) is 3. The average Bonchev–Trinajstić information content (AvgIpc) is 2.88. The van der Waals surface area contributed by atoms with Gasteiger partial charge in [-0.25, -0.2) is 4.68 Å². The van der Waals surface area contributed by atoms with Crippen LogP contribution in [0.3, 0.4) is 0 Å². The van der Waals surface area contributed by atoms with Crippen LogP contribution in [0.4, 0.5) is 0 Å². The van der Waals surface area contributed by atoms with Crippen LogP contribution in [0.5, 0.6) is 0 Å². The monoisotopic (exact) mass is 256 g/mol. The van der Waals surface area contributed by atoms with Crippen molar-refractivity contribution in [3.63, 3.8) is 0 Å². The second-order valence-corrected chi connectivity index (χ2v) is 5.22. The van der Waals surface area contributed by atoms with Gasteiger partial charge in [-0.15, -0.1) is 5.10 Å². The lowest BCUT2D eigenvalue weighted by atomic mass is 10.0. The summed E-state index contributed by atoms with van der Waals surface area (Å²) in [6, 6.07) is 11.0. The molecular formula is C15H20N4. The molecule has 1 saturated heterocycles. The summed E-state index contributed by atoms with van der Waals surface area (Å²) in [6.45, 7) is 2.07. The number of piperidine rings is 1. The highest BCUT2D eigenvalue weighted by Gasteiger charge is 2.15. The van der Waals surface area contributed by atoms with Gasteiger partial charge in [-0.3, -0.25) is 0 Å². The zero-order valence-electron chi connectivity index (χ0n) is 11.1. The second kappa shape index (κ2) is 5.97. The van der Waals surface area contributed by atoms with Gasteiger partial charge in [0.05, 0.1) is 18.4 Å². The summed E-state index contributed by atoms with van der Waals surface area (Å²) < 4.78 is 2.05. The number of nitrogens with zero attached hydrogens (tertiary/aromatic N) is 3. The van der Waals surface area contributed by atoms with Gasteiger partial charge in [0, 0.05) is 12.5 Å². The van der Waals surface area contributed by atoms with Crippen LogP contribution >= 0.6 is 0 Å². The zero-order chi connectivity index (χ0) is 12.9. The molecule has 0 aliphatic carbocycles. The lowest BCUT2D eigenvalue weighted by molar-refractivity contribution is 0.344. The van der Waals surface area contributed by atoms with E-state index in [1.165, 1.54) is 30.5 Å². The van der Waals surface area contributed by atoms with Crippen molar-refractivity contribution in [2.24, 2.45) is 0 Å². The number of rotatable bonds is 4. The Kier molecular flexibility index (Phi) is 3.89. The summed E-state index contributed by atoms with van der Waals surface area (Å²) in [4.78, 5) is 0. The third-order valence-electron chi connectivity index (χ3n) is 3.73. The first-order chi connectivity index (χ1) is 9.42. The minimum atomic E-state index is 0.546. The Balaban J connectivity index is 1.68. The SMILES string of the molecule is c1ccc(Cc2cnnn2CC2CCCCN2)cc1. The van der Waals surface area contributed by atoms with Gasteiger partial charge in [0.1, 0.15) is 0 Å². The van der Waals surface area contributed by atoms with E-state index < -0.39 is 0 Å². The molecule has 1 aliphatic heterocycles. The van der Waals surface area contributed by atoms with E-state index in [2.05, 4.69) is 44.6 Å². The van der Waals surface area contributed by atoms with Gasteiger partial charge in [0.2, 0.25) is 0 Å². The zero-order valence-corrected chi connectivity index (χ0v) is 11.1. The fraction of sp³-hybridized carbons (Fsp3) is 0.467. The quantitative estimate of drug-likeness (QED) is 0.910. The molecule has 4 nitrogen and oxygen atoms in total. The third-order valence-corrected chi connectivity index (χ3v) is 3.73. The van der Waals surface area contributed by atoms with Crippen molar-refractivity contribution in [3.8, 4) is 0 Å². The van der Waals surface area contributed by atoms with Gasteiger partial charge in [0.25, 0.3) is 0 Å². The van der Waals surface area contributed by atoms with Crippen molar-refractivity contribution in [2.75, 3.05) is 6.54 Å². The molecule has 1 atom stereocenters. The van der Waals surface area contributed by atoms with Crippen molar-refractivity contribution in [1.29, 1.82) is 0 Å². The van der Waals surface area contributed by atoms with Crippen molar-refractivity contribution in [3.05, 3.63) is 47.8 Å². The molecule has 4 heteroatoms. The van der Waals surface area contributed by atoms with E-state index in [0.717, 1.165) is 19.5 Å². The molecular weight excluding hydrogens is 236 g/mol. The highest BCUT2D eigenvalue weighted by Crippen LogP contribution is 2.12. The van der Waals surface area contributed by atoms with Crippen LogP contribution in [0, 0.1) is 0 Å². The van der Waals surface area contributed by atoms with Crippen molar-refractivity contribution in [1.82, 2.24) is 20.3 Å². The van der Waals surface area contributed by atoms with E-state index in [1.54, 1.807) is 0 Å². The van der Waals surface area contributed by atoms with Crippen LogP contribution in [-0.2, 0) is 13.0 Å². The van der Waals surface area contributed by atoms with E-state index in [1.807, 2.05) is 12.3 Å². The van der Waals surface area contributed by atoms with E-state index in [4.69, 9.17) is 0 Å². The number of aromatic nitrogens is 3. The van der Waals surface area contributed by atoms with Gasteiger partial charge in [-0.1, -0.05) is 42.0 Å².